The van der Waals surface area contributed by atoms with Crippen LogP contribution in [0.15, 0.2) is 18.2 Å². The van der Waals surface area contributed by atoms with E-state index in [1.807, 2.05) is 0 Å². The number of amides is 1. The van der Waals surface area contributed by atoms with Crippen LogP contribution in [0.4, 0.5) is 17.6 Å². The van der Waals surface area contributed by atoms with E-state index in [2.05, 4.69) is 0 Å². The van der Waals surface area contributed by atoms with Crippen LogP contribution in [-0.2, 0) is 4.79 Å². The monoisotopic (exact) mass is 295 g/mol. The Morgan fingerprint density at radius 3 is 2.65 bits per heavy atom. The predicted octanol–water partition coefficient (Wildman–Crippen LogP) is 1.94. The molecule has 0 aromatic heterocycles. The van der Waals surface area contributed by atoms with Crippen molar-refractivity contribution >= 4 is 5.91 Å². The number of ether oxygens (including phenoxy) is 1. The first kappa shape index (κ1) is 16.2. The number of alkyl halides is 3. The van der Waals surface area contributed by atoms with Crippen molar-refractivity contribution < 1.29 is 32.2 Å². The molecular formula is C12H13F4NO3. The van der Waals surface area contributed by atoms with Crippen LogP contribution in [0.1, 0.15) is 18.6 Å². The predicted molar refractivity (Wildman–Crippen MR) is 61.6 cm³/mol. The topological polar surface area (TPSA) is 58.6 Å². The second kappa shape index (κ2) is 6.56. The SMILES string of the molecule is CC(O)c1ccc(F)cc1OCC(=O)NCC(F)(F)F. The molecule has 1 amide bonds. The molecule has 0 saturated carbocycles. The highest BCUT2D eigenvalue weighted by Crippen LogP contribution is 2.25. The molecule has 0 radical (unpaired) electrons. The molecule has 0 saturated heterocycles. The van der Waals surface area contributed by atoms with Crippen LogP contribution >= 0.6 is 0 Å². The molecule has 20 heavy (non-hydrogen) atoms. The zero-order chi connectivity index (χ0) is 15.3. The van der Waals surface area contributed by atoms with Gasteiger partial charge in [0.2, 0.25) is 0 Å². The van der Waals surface area contributed by atoms with E-state index in [-0.39, 0.29) is 11.3 Å². The molecule has 0 spiro atoms. The molecule has 0 aliphatic heterocycles. The molecule has 1 aromatic carbocycles. The maximum absolute atomic E-state index is 13.0. The second-order valence-corrected chi connectivity index (χ2v) is 4.04. The van der Waals surface area contributed by atoms with Crippen molar-refractivity contribution in [2.45, 2.75) is 19.2 Å². The molecule has 2 N–H and O–H groups in total. The maximum atomic E-state index is 13.0. The van der Waals surface area contributed by atoms with Gasteiger partial charge in [0.25, 0.3) is 5.91 Å². The van der Waals surface area contributed by atoms with E-state index < -0.39 is 37.2 Å². The first-order valence-corrected chi connectivity index (χ1v) is 5.63. The number of carbonyl (C=O) groups excluding carboxylic acids is 1. The van der Waals surface area contributed by atoms with E-state index in [0.29, 0.717) is 0 Å². The van der Waals surface area contributed by atoms with E-state index in [0.717, 1.165) is 12.1 Å². The molecule has 0 fully saturated rings. The summed E-state index contributed by atoms with van der Waals surface area (Å²) in [6.45, 7) is -0.773. The van der Waals surface area contributed by atoms with E-state index in [1.165, 1.54) is 13.0 Å². The summed E-state index contributed by atoms with van der Waals surface area (Å²) in [6, 6.07) is 3.31. The summed E-state index contributed by atoms with van der Waals surface area (Å²) in [5.74, 6) is -1.75. The van der Waals surface area contributed by atoms with Crippen LogP contribution in [-0.4, -0.2) is 30.3 Å². The Morgan fingerprint density at radius 1 is 1.45 bits per heavy atom. The van der Waals surface area contributed by atoms with Gasteiger partial charge in [0.05, 0.1) is 6.10 Å². The van der Waals surface area contributed by atoms with Gasteiger partial charge in [-0.15, -0.1) is 0 Å². The number of aliphatic hydroxyl groups excluding tert-OH is 1. The Labute approximate surface area is 112 Å². The van der Waals surface area contributed by atoms with Gasteiger partial charge in [-0.25, -0.2) is 4.39 Å². The third-order valence-corrected chi connectivity index (χ3v) is 2.27. The lowest BCUT2D eigenvalue weighted by molar-refractivity contribution is -0.139. The standard InChI is InChI=1S/C12H13F4NO3/c1-7(18)9-3-2-8(13)4-10(9)20-5-11(19)17-6-12(14,15)16/h2-4,7,18H,5-6H2,1H3,(H,17,19). The molecule has 0 bridgehead atoms. The molecule has 1 rings (SSSR count). The Balaban J connectivity index is 2.61. The number of aliphatic hydroxyl groups is 1. The number of benzene rings is 1. The van der Waals surface area contributed by atoms with Crippen LogP contribution < -0.4 is 10.1 Å². The highest BCUT2D eigenvalue weighted by molar-refractivity contribution is 5.77. The van der Waals surface area contributed by atoms with E-state index in [1.54, 1.807) is 5.32 Å². The lowest BCUT2D eigenvalue weighted by atomic mass is 10.1. The van der Waals surface area contributed by atoms with E-state index in [4.69, 9.17) is 4.74 Å². The van der Waals surface area contributed by atoms with Crippen LogP contribution in [0.25, 0.3) is 0 Å². The Hall–Kier alpha value is -1.83. The largest absolute Gasteiger partial charge is 0.483 e. The Bertz CT molecular complexity index is 474. The summed E-state index contributed by atoms with van der Waals surface area (Å²) in [7, 11) is 0. The number of hydrogen-bond donors (Lipinski definition) is 2. The minimum absolute atomic E-state index is 0.0952. The molecule has 0 aliphatic rings. The average Bonchev–Trinajstić information content (AvgIpc) is 2.32. The van der Waals surface area contributed by atoms with Gasteiger partial charge in [0.1, 0.15) is 18.1 Å². The summed E-state index contributed by atoms with van der Waals surface area (Å²) in [5, 5.41) is 11.0. The summed E-state index contributed by atoms with van der Waals surface area (Å²) in [6.07, 6.45) is -5.48. The first-order valence-electron chi connectivity index (χ1n) is 5.63. The Morgan fingerprint density at radius 2 is 2.10 bits per heavy atom. The molecular weight excluding hydrogens is 282 g/mol. The molecule has 1 unspecified atom stereocenters. The molecule has 1 atom stereocenters. The van der Waals surface area contributed by atoms with Gasteiger partial charge in [-0.05, 0) is 19.1 Å². The zero-order valence-electron chi connectivity index (χ0n) is 10.5. The van der Waals surface area contributed by atoms with Gasteiger partial charge in [0.15, 0.2) is 6.61 Å². The van der Waals surface area contributed by atoms with Crippen LogP contribution in [0, 0.1) is 5.82 Å². The molecule has 112 valence electrons. The maximum Gasteiger partial charge on any atom is 0.405 e. The van der Waals surface area contributed by atoms with Gasteiger partial charge in [-0.1, -0.05) is 0 Å². The molecule has 0 aliphatic carbocycles. The second-order valence-electron chi connectivity index (χ2n) is 4.04. The summed E-state index contributed by atoms with van der Waals surface area (Å²) in [5.41, 5.74) is 0.232. The minimum Gasteiger partial charge on any atom is -0.483 e. The van der Waals surface area contributed by atoms with Gasteiger partial charge in [-0.3, -0.25) is 4.79 Å². The lowest BCUT2D eigenvalue weighted by Gasteiger charge is -2.14. The van der Waals surface area contributed by atoms with Gasteiger partial charge in [0, 0.05) is 11.6 Å². The highest BCUT2D eigenvalue weighted by atomic mass is 19.4. The Kier molecular flexibility index (Phi) is 5.32. The van der Waals surface area contributed by atoms with E-state index >= 15 is 0 Å². The fraction of sp³-hybridized carbons (Fsp3) is 0.417. The summed E-state index contributed by atoms with van der Waals surface area (Å²) < 4.78 is 53.5. The minimum atomic E-state index is -4.51. The fourth-order valence-corrected chi connectivity index (χ4v) is 1.37. The van der Waals surface area contributed by atoms with Crippen molar-refractivity contribution in [1.82, 2.24) is 5.32 Å². The lowest BCUT2D eigenvalue weighted by Crippen LogP contribution is -2.36. The highest BCUT2D eigenvalue weighted by Gasteiger charge is 2.27. The number of nitrogens with one attached hydrogen (secondary N) is 1. The van der Waals surface area contributed by atoms with Crippen LogP contribution in [0.3, 0.4) is 0 Å². The van der Waals surface area contributed by atoms with Crippen molar-refractivity contribution in [3.63, 3.8) is 0 Å². The quantitative estimate of drug-likeness (QED) is 0.816. The molecule has 1 aromatic rings. The third kappa shape index (κ3) is 5.43. The fourth-order valence-electron chi connectivity index (χ4n) is 1.37. The van der Waals surface area contributed by atoms with Crippen molar-refractivity contribution in [2.24, 2.45) is 0 Å². The number of rotatable bonds is 5. The van der Waals surface area contributed by atoms with Gasteiger partial charge >= 0.3 is 6.18 Å². The smallest absolute Gasteiger partial charge is 0.405 e. The van der Waals surface area contributed by atoms with Gasteiger partial charge < -0.3 is 15.2 Å². The summed E-state index contributed by atoms with van der Waals surface area (Å²) >= 11 is 0. The molecule has 4 nitrogen and oxygen atoms in total. The first-order chi connectivity index (χ1) is 9.19. The third-order valence-electron chi connectivity index (χ3n) is 2.27. The van der Waals surface area contributed by atoms with Crippen molar-refractivity contribution in [1.29, 1.82) is 0 Å². The number of halogens is 4. The van der Waals surface area contributed by atoms with Crippen LogP contribution in [0.2, 0.25) is 0 Å². The number of hydrogen-bond acceptors (Lipinski definition) is 3. The van der Waals surface area contributed by atoms with E-state index in [9.17, 15) is 27.5 Å². The summed E-state index contributed by atoms with van der Waals surface area (Å²) in [4.78, 5) is 11.1. The number of carbonyl (C=O) groups is 1. The van der Waals surface area contributed by atoms with Crippen molar-refractivity contribution in [2.75, 3.05) is 13.2 Å². The molecule has 0 heterocycles. The molecule has 8 heteroatoms. The van der Waals surface area contributed by atoms with Crippen molar-refractivity contribution in [3.05, 3.63) is 29.6 Å². The zero-order valence-corrected chi connectivity index (χ0v) is 10.5. The average molecular weight is 295 g/mol. The van der Waals surface area contributed by atoms with Gasteiger partial charge in [-0.2, -0.15) is 13.2 Å². The normalized spacial score (nSPS) is 12.9. The van der Waals surface area contributed by atoms with Crippen molar-refractivity contribution in [3.8, 4) is 5.75 Å². The van der Waals surface area contributed by atoms with Crippen LogP contribution in [0.5, 0.6) is 5.75 Å².